The van der Waals surface area contributed by atoms with E-state index in [9.17, 15) is 0 Å². The minimum atomic E-state index is 0.0509. The van der Waals surface area contributed by atoms with Crippen molar-refractivity contribution < 1.29 is 8.83 Å². The standard InChI is InChI=1S/C72H40O2Se/c1-3-17-45-41(15-1)31-35-55-60-39-43(33-37-62(60)73-70(45)55)65-47-19-5-9-23-51(47)67(52-24-10-6-20-48(52)65)57-27-14-30-64-69(57)59-29-13-28-58(72(59)75-64)68-53-25-11-7-21-49(53)66(50-22-8-12-26-54(50)68)44-34-38-63-61(40-44)56-36-32-42-16-2-4-18-46(42)71(56)74-63/h1-40H. The quantitative estimate of drug-likeness (QED) is 0.130. The van der Waals surface area contributed by atoms with E-state index in [2.05, 4.69) is 243 Å². The van der Waals surface area contributed by atoms with Gasteiger partial charge in [0.25, 0.3) is 0 Å². The molecule has 0 saturated carbocycles. The molecule has 2 nitrogen and oxygen atoms in total. The van der Waals surface area contributed by atoms with Crippen LogP contribution in [0.15, 0.2) is 251 Å². The van der Waals surface area contributed by atoms with Gasteiger partial charge in [0.05, 0.1) is 0 Å². The molecular formula is C72H40O2Se. The van der Waals surface area contributed by atoms with Gasteiger partial charge in [-0.15, -0.1) is 0 Å². The Balaban J connectivity index is 0.877. The van der Waals surface area contributed by atoms with Crippen LogP contribution in [0.2, 0.25) is 0 Å². The normalized spacial score (nSPS) is 12.3. The van der Waals surface area contributed by atoms with E-state index < -0.39 is 0 Å². The Morgan fingerprint density at radius 3 is 1.12 bits per heavy atom. The summed E-state index contributed by atoms with van der Waals surface area (Å²) in [6.45, 7) is 0. The molecule has 0 unspecified atom stereocenters. The molecule has 0 N–H and O–H groups in total. The molecule has 346 valence electrons. The van der Waals surface area contributed by atoms with Crippen molar-refractivity contribution in [1.29, 1.82) is 0 Å². The van der Waals surface area contributed by atoms with E-state index in [1.165, 1.54) is 118 Å². The van der Waals surface area contributed by atoms with Crippen LogP contribution in [-0.2, 0) is 0 Å². The number of fused-ring (bicyclic) bond motifs is 17. The van der Waals surface area contributed by atoms with Crippen LogP contribution in [0.25, 0.3) is 172 Å². The molecule has 0 atom stereocenters. The van der Waals surface area contributed by atoms with E-state index in [-0.39, 0.29) is 14.5 Å². The molecule has 3 heterocycles. The first kappa shape index (κ1) is 41.3. The van der Waals surface area contributed by atoms with E-state index in [0.29, 0.717) is 0 Å². The third-order valence-corrected chi connectivity index (χ3v) is 18.8. The van der Waals surface area contributed by atoms with Crippen LogP contribution < -0.4 is 0 Å². The van der Waals surface area contributed by atoms with E-state index in [1.807, 2.05) is 0 Å². The zero-order chi connectivity index (χ0) is 48.9. The number of furan rings is 2. The Bertz CT molecular complexity index is 5200. The zero-order valence-electron chi connectivity index (χ0n) is 40.3. The fraction of sp³-hybridized carbons (Fsp3) is 0. The summed E-state index contributed by atoms with van der Waals surface area (Å²) in [6, 6.07) is 89.8. The van der Waals surface area contributed by atoms with Crippen molar-refractivity contribution in [3.8, 4) is 44.5 Å². The molecule has 17 rings (SSSR count). The Morgan fingerprint density at radius 1 is 0.253 bits per heavy atom. The van der Waals surface area contributed by atoms with Gasteiger partial charge in [-0.2, -0.15) is 0 Å². The Hall–Kier alpha value is -9.24. The predicted molar refractivity (Wildman–Crippen MR) is 320 cm³/mol. The van der Waals surface area contributed by atoms with Gasteiger partial charge < -0.3 is 0 Å². The second-order valence-corrected chi connectivity index (χ2v) is 22.3. The zero-order valence-corrected chi connectivity index (χ0v) is 42.0. The molecule has 0 radical (unpaired) electrons. The summed E-state index contributed by atoms with van der Waals surface area (Å²) in [6.07, 6.45) is 0. The monoisotopic (exact) mass is 1020 g/mol. The van der Waals surface area contributed by atoms with Crippen molar-refractivity contribution in [2.24, 2.45) is 0 Å². The van der Waals surface area contributed by atoms with Gasteiger partial charge in [0.1, 0.15) is 0 Å². The van der Waals surface area contributed by atoms with Gasteiger partial charge in [0, 0.05) is 5.39 Å². The Morgan fingerprint density at radius 2 is 0.640 bits per heavy atom. The molecule has 0 spiro atoms. The summed E-state index contributed by atoms with van der Waals surface area (Å²) < 4.78 is 16.1. The van der Waals surface area contributed by atoms with Gasteiger partial charge in [0.2, 0.25) is 0 Å². The third-order valence-electron chi connectivity index (χ3n) is 16.2. The second kappa shape index (κ2) is 15.6. The summed E-state index contributed by atoms with van der Waals surface area (Å²) in [4.78, 5) is 0. The Labute approximate surface area is 435 Å². The summed E-state index contributed by atoms with van der Waals surface area (Å²) in [7, 11) is 0. The van der Waals surface area contributed by atoms with Crippen LogP contribution in [0, 0.1) is 0 Å². The van der Waals surface area contributed by atoms with Crippen molar-refractivity contribution in [2.75, 3.05) is 0 Å². The first-order chi connectivity index (χ1) is 37.2. The average molecular weight is 1020 g/mol. The number of hydrogen-bond donors (Lipinski definition) is 0. The molecule has 0 saturated heterocycles. The van der Waals surface area contributed by atoms with Gasteiger partial charge in [-0.3, -0.25) is 0 Å². The maximum absolute atomic E-state index is 6.61. The molecule has 0 fully saturated rings. The van der Waals surface area contributed by atoms with Crippen LogP contribution in [0.4, 0.5) is 0 Å². The fourth-order valence-electron chi connectivity index (χ4n) is 13.0. The number of rotatable bonds is 4. The van der Waals surface area contributed by atoms with E-state index in [4.69, 9.17) is 8.83 Å². The number of benzene rings is 14. The Kier molecular flexibility index (Phi) is 8.60. The molecule has 0 bridgehead atoms. The number of hydrogen-bond acceptors (Lipinski definition) is 2. The van der Waals surface area contributed by atoms with Crippen LogP contribution >= 0.6 is 0 Å². The van der Waals surface area contributed by atoms with Crippen molar-refractivity contribution in [3.63, 3.8) is 0 Å². The minimum absolute atomic E-state index is 0.0509. The SMILES string of the molecule is c1ccc2c(c1)ccc1c3cc(-c4c5ccccc5c(-c5cccc6c5[se]c5cccc(-c7c8ccccc8c(-c8ccc9oc%10c%11ccccc%11ccc%10c9c8)c8ccccc78)c56)c5ccccc45)ccc3oc21. The molecule has 3 aromatic heterocycles. The molecule has 14 aromatic carbocycles. The van der Waals surface area contributed by atoms with Gasteiger partial charge in [-0.1, -0.05) is 54.6 Å². The van der Waals surface area contributed by atoms with Crippen molar-refractivity contribution >= 4 is 142 Å². The van der Waals surface area contributed by atoms with Crippen LogP contribution in [0.1, 0.15) is 0 Å². The topological polar surface area (TPSA) is 26.3 Å². The molecule has 0 amide bonds. The van der Waals surface area contributed by atoms with Gasteiger partial charge in [0.15, 0.2) is 0 Å². The first-order valence-corrected chi connectivity index (χ1v) is 27.4. The molecule has 0 aliphatic rings. The molecule has 0 aliphatic heterocycles. The van der Waals surface area contributed by atoms with Crippen molar-refractivity contribution in [3.05, 3.63) is 243 Å². The second-order valence-electron chi connectivity index (χ2n) is 20.1. The molecule has 3 heteroatoms. The predicted octanol–water partition coefficient (Wildman–Crippen LogP) is 20.4. The van der Waals surface area contributed by atoms with Gasteiger partial charge in [-0.25, -0.2) is 0 Å². The fourth-order valence-corrected chi connectivity index (χ4v) is 15.7. The van der Waals surface area contributed by atoms with Crippen molar-refractivity contribution in [1.82, 2.24) is 0 Å². The first-order valence-electron chi connectivity index (χ1n) is 25.7. The van der Waals surface area contributed by atoms with Crippen LogP contribution in [-0.4, -0.2) is 14.5 Å². The molecule has 0 aliphatic carbocycles. The van der Waals surface area contributed by atoms with Crippen LogP contribution in [0.5, 0.6) is 0 Å². The summed E-state index contributed by atoms with van der Waals surface area (Å²) in [5, 5.41) is 21.9. The maximum atomic E-state index is 6.61. The summed E-state index contributed by atoms with van der Waals surface area (Å²) in [5.74, 6) is 0. The molecule has 75 heavy (non-hydrogen) atoms. The van der Waals surface area contributed by atoms with Crippen molar-refractivity contribution in [2.45, 2.75) is 0 Å². The average Bonchev–Trinajstić information content (AvgIpc) is 4.22. The molecule has 17 aromatic rings. The van der Waals surface area contributed by atoms with E-state index in [1.54, 1.807) is 0 Å². The third kappa shape index (κ3) is 5.85. The summed E-state index contributed by atoms with van der Waals surface area (Å²) >= 11 is 0.0509. The van der Waals surface area contributed by atoms with Gasteiger partial charge >= 0.3 is 368 Å². The van der Waals surface area contributed by atoms with E-state index >= 15 is 0 Å². The van der Waals surface area contributed by atoms with E-state index in [0.717, 1.165) is 54.6 Å². The molecular weight excluding hydrogens is 976 g/mol. The van der Waals surface area contributed by atoms with Gasteiger partial charge in [-0.05, 0) is 10.8 Å². The van der Waals surface area contributed by atoms with Crippen LogP contribution in [0.3, 0.4) is 0 Å². The summed E-state index contributed by atoms with van der Waals surface area (Å²) in [5.41, 5.74) is 13.8.